The molecule has 1 fully saturated rings. The molecule has 4 rings (SSSR count). The first-order chi connectivity index (χ1) is 16.3. The minimum Gasteiger partial charge on any atom is -0.366 e. The lowest BCUT2D eigenvalue weighted by atomic mass is 9.94. The van der Waals surface area contributed by atoms with Crippen LogP contribution in [0.15, 0.2) is 48.5 Å². The van der Waals surface area contributed by atoms with E-state index in [1.54, 1.807) is 17.0 Å². The number of anilines is 1. The Kier molecular flexibility index (Phi) is 6.68. The van der Waals surface area contributed by atoms with E-state index in [-0.39, 0.29) is 22.4 Å². The van der Waals surface area contributed by atoms with E-state index in [1.165, 1.54) is 6.07 Å². The average molecular weight is 462 g/mol. The van der Waals surface area contributed by atoms with Crippen molar-refractivity contribution in [3.8, 4) is 5.69 Å². The Morgan fingerprint density at radius 1 is 1.06 bits per heavy atom. The van der Waals surface area contributed by atoms with Crippen molar-refractivity contribution in [2.75, 3.05) is 25.0 Å². The van der Waals surface area contributed by atoms with Crippen LogP contribution in [0.4, 0.5) is 11.4 Å². The lowest BCUT2D eigenvalue weighted by Crippen LogP contribution is -2.41. The molecule has 0 N–H and O–H groups in total. The third-order valence-corrected chi connectivity index (χ3v) is 6.82. The number of aryl methyl sites for hydroxylation is 2. The third kappa shape index (κ3) is 4.53. The molecule has 8 heteroatoms. The van der Waals surface area contributed by atoms with Gasteiger partial charge in [0.05, 0.1) is 16.3 Å². The number of nitrogens with zero attached hydrogens (tertiary/aromatic N) is 5. The highest BCUT2D eigenvalue weighted by Gasteiger charge is 2.30. The van der Waals surface area contributed by atoms with Crippen molar-refractivity contribution in [2.24, 2.45) is 5.92 Å². The summed E-state index contributed by atoms with van der Waals surface area (Å²) >= 11 is 0. The van der Waals surface area contributed by atoms with Gasteiger partial charge in [-0.1, -0.05) is 30.3 Å². The third-order valence-electron chi connectivity index (χ3n) is 6.82. The highest BCUT2D eigenvalue weighted by Crippen LogP contribution is 2.32. The first-order valence-corrected chi connectivity index (χ1v) is 11.6. The lowest BCUT2D eigenvalue weighted by Gasteiger charge is -2.34. The summed E-state index contributed by atoms with van der Waals surface area (Å²) in [7, 11) is 1.85. The number of aromatic nitrogens is 2. The van der Waals surface area contributed by atoms with Crippen molar-refractivity contribution >= 4 is 17.3 Å². The zero-order valence-electron chi connectivity index (χ0n) is 20.2. The molecule has 0 saturated carbocycles. The molecule has 0 aliphatic carbocycles. The zero-order valence-corrected chi connectivity index (χ0v) is 20.2. The Morgan fingerprint density at radius 2 is 1.68 bits per heavy atom. The minimum atomic E-state index is -0.345. The fourth-order valence-corrected chi connectivity index (χ4v) is 4.82. The maximum atomic E-state index is 13.2. The highest BCUT2D eigenvalue weighted by atomic mass is 16.6. The number of carbonyl (C=O) groups is 1. The van der Waals surface area contributed by atoms with Crippen molar-refractivity contribution in [1.29, 1.82) is 0 Å². The summed E-state index contributed by atoms with van der Waals surface area (Å²) in [5, 5.41) is 16.1. The van der Waals surface area contributed by atoms with Gasteiger partial charge in [0.1, 0.15) is 5.69 Å². The molecule has 0 bridgehead atoms. The van der Waals surface area contributed by atoms with Crippen molar-refractivity contribution in [3.05, 3.63) is 81.2 Å². The van der Waals surface area contributed by atoms with Crippen LogP contribution in [-0.4, -0.2) is 45.6 Å². The number of hydrogen-bond donors (Lipinski definition) is 0. The summed E-state index contributed by atoms with van der Waals surface area (Å²) in [6.45, 7) is 7.85. The molecule has 1 aromatic heterocycles. The van der Waals surface area contributed by atoms with Gasteiger partial charge in [-0.2, -0.15) is 5.10 Å². The van der Waals surface area contributed by atoms with E-state index in [0.717, 1.165) is 28.2 Å². The Balaban J connectivity index is 1.43. The molecule has 1 aliphatic heterocycles. The minimum absolute atomic E-state index is 0.0870. The Bertz CT molecular complexity index is 1210. The van der Waals surface area contributed by atoms with Gasteiger partial charge in [-0.15, -0.1) is 0 Å². The first-order valence-electron chi connectivity index (χ1n) is 11.6. The molecule has 8 nitrogen and oxygen atoms in total. The van der Waals surface area contributed by atoms with Crippen LogP contribution < -0.4 is 4.90 Å². The lowest BCUT2D eigenvalue weighted by molar-refractivity contribution is -0.384. The van der Waals surface area contributed by atoms with Crippen LogP contribution in [0, 0.1) is 36.8 Å². The van der Waals surface area contributed by atoms with Crippen molar-refractivity contribution in [1.82, 2.24) is 14.7 Å². The number of rotatable bonds is 6. The fraction of sp³-hybridized carbons (Fsp3) is 0.385. The zero-order chi connectivity index (χ0) is 24.4. The number of para-hydroxylation sites is 3. The second-order valence-electron chi connectivity index (χ2n) is 9.05. The van der Waals surface area contributed by atoms with Crippen molar-refractivity contribution in [3.63, 3.8) is 0 Å². The van der Waals surface area contributed by atoms with Crippen LogP contribution in [0.25, 0.3) is 5.69 Å². The van der Waals surface area contributed by atoms with E-state index in [2.05, 4.69) is 19.1 Å². The van der Waals surface area contributed by atoms with E-state index in [0.29, 0.717) is 38.2 Å². The van der Waals surface area contributed by atoms with Gasteiger partial charge in [0.25, 0.3) is 5.69 Å². The largest absolute Gasteiger partial charge is 0.366 e. The van der Waals surface area contributed by atoms with Gasteiger partial charge in [-0.05, 0) is 51.3 Å². The Morgan fingerprint density at radius 3 is 2.32 bits per heavy atom. The molecular formula is C26H31N5O3. The van der Waals surface area contributed by atoms with Gasteiger partial charge in [0, 0.05) is 49.9 Å². The maximum Gasteiger partial charge on any atom is 0.292 e. The fourth-order valence-electron chi connectivity index (χ4n) is 4.82. The van der Waals surface area contributed by atoms with Crippen molar-refractivity contribution < 1.29 is 9.72 Å². The second-order valence-corrected chi connectivity index (χ2v) is 9.05. The average Bonchev–Trinajstić information content (AvgIpc) is 3.12. The van der Waals surface area contributed by atoms with Crippen LogP contribution >= 0.6 is 0 Å². The molecule has 0 atom stereocenters. The predicted octanol–water partition coefficient (Wildman–Crippen LogP) is 4.58. The number of amides is 1. The van der Waals surface area contributed by atoms with Crippen LogP contribution in [-0.2, 0) is 11.3 Å². The summed E-state index contributed by atoms with van der Waals surface area (Å²) in [5.41, 5.74) is 5.96. The molecule has 1 saturated heterocycles. The van der Waals surface area contributed by atoms with Crippen molar-refractivity contribution in [2.45, 2.75) is 40.2 Å². The summed E-state index contributed by atoms with van der Waals surface area (Å²) in [4.78, 5) is 28.1. The van der Waals surface area contributed by atoms with Gasteiger partial charge in [0.2, 0.25) is 5.91 Å². The normalized spacial score (nSPS) is 14.3. The molecule has 2 heterocycles. The molecule has 1 amide bonds. The van der Waals surface area contributed by atoms with Crippen LogP contribution in [0.2, 0.25) is 0 Å². The van der Waals surface area contributed by atoms with Gasteiger partial charge in [0.15, 0.2) is 0 Å². The quantitative estimate of drug-likeness (QED) is 0.396. The highest BCUT2D eigenvalue weighted by molar-refractivity contribution is 5.79. The first kappa shape index (κ1) is 23.5. The van der Waals surface area contributed by atoms with Gasteiger partial charge < -0.3 is 9.80 Å². The molecule has 0 spiro atoms. The Labute approximate surface area is 199 Å². The number of nitro groups is 1. The number of nitro benzene ring substituents is 1. The standard InChI is InChI=1S/C26H31N5O3/c1-18-9-5-6-10-23(18)30-20(3)22(19(2)27-30)17-28(4)26(32)21-13-15-29(16-14-21)24-11-7-8-12-25(24)31(33)34/h5-12,21H,13-17H2,1-4H3. The number of carbonyl (C=O) groups excluding carboxylic acids is 1. The SMILES string of the molecule is Cc1ccccc1-n1nc(C)c(CN(C)C(=O)C2CCN(c3ccccc3[N+](=O)[O-])CC2)c1C. The molecule has 2 aromatic carbocycles. The van der Waals surface area contributed by atoms with Gasteiger partial charge >= 0.3 is 0 Å². The molecule has 0 radical (unpaired) electrons. The monoisotopic (exact) mass is 461 g/mol. The molecule has 3 aromatic rings. The van der Waals surface area contributed by atoms with E-state index < -0.39 is 0 Å². The van der Waals surface area contributed by atoms with Crippen LogP contribution in [0.3, 0.4) is 0 Å². The number of piperidine rings is 1. The summed E-state index contributed by atoms with van der Waals surface area (Å²) < 4.78 is 1.96. The van der Waals surface area contributed by atoms with Crippen LogP contribution in [0.5, 0.6) is 0 Å². The van der Waals surface area contributed by atoms with Gasteiger partial charge in [-0.3, -0.25) is 14.9 Å². The molecule has 178 valence electrons. The molecule has 1 aliphatic rings. The van der Waals surface area contributed by atoms with E-state index in [4.69, 9.17) is 5.10 Å². The molecule has 34 heavy (non-hydrogen) atoms. The summed E-state index contributed by atoms with van der Waals surface area (Å²) in [5.74, 6) is 0.0284. The maximum absolute atomic E-state index is 13.2. The van der Waals surface area contributed by atoms with E-state index in [9.17, 15) is 14.9 Å². The summed E-state index contributed by atoms with van der Waals surface area (Å²) in [6.07, 6.45) is 1.35. The topological polar surface area (TPSA) is 84.5 Å². The van der Waals surface area contributed by atoms with E-state index >= 15 is 0 Å². The van der Waals surface area contributed by atoms with Crippen LogP contribution in [0.1, 0.15) is 35.4 Å². The van der Waals surface area contributed by atoms with Gasteiger partial charge in [-0.25, -0.2) is 4.68 Å². The predicted molar refractivity (Wildman–Crippen MR) is 132 cm³/mol. The second kappa shape index (κ2) is 9.67. The molecule has 0 unspecified atom stereocenters. The summed E-state index contributed by atoms with van der Waals surface area (Å²) in [6, 6.07) is 14.9. The molecular weight excluding hydrogens is 430 g/mol. The number of hydrogen-bond acceptors (Lipinski definition) is 5. The van der Waals surface area contributed by atoms with E-state index in [1.807, 2.05) is 48.7 Å². The number of benzene rings is 2. The smallest absolute Gasteiger partial charge is 0.292 e. The Hall–Kier alpha value is -3.68.